The van der Waals surface area contributed by atoms with Crippen LogP contribution in [0.4, 0.5) is 4.79 Å². The van der Waals surface area contributed by atoms with Gasteiger partial charge in [-0.2, -0.15) is 0 Å². The number of aliphatic hydroxyl groups excluding tert-OH is 1. The standard InChI is InChI=1S/C40H38N4O7S2/c1-25-42-43-40(53-25)52-24-32-19-35(29-13-11-26(22-45)12-14-29)51-38(50-32)30-17-15-28(16-18-30)33-10-6-5-9-31(33)21-44-36(46)20-34(37(44)47)41-39(48)49-23-27-7-3-2-4-8-27/h2-18,32,34-35,38,45H,19-24H2,1H3,(H,41,48). The van der Waals surface area contributed by atoms with Crippen LogP contribution in [0.1, 0.15) is 58.1 Å². The summed E-state index contributed by atoms with van der Waals surface area (Å²) in [5.41, 5.74) is 6.06. The molecule has 5 aromatic rings. The highest BCUT2D eigenvalue weighted by Crippen LogP contribution is 2.40. The average molecular weight is 751 g/mol. The lowest BCUT2D eigenvalue weighted by Crippen LogP contribution is -2.41. The fourth-order valence-corrected chi connectivity index (χ4v) is 8.18. The molecular weight excluding hydrogens is 713 g/mol. The van der Waals surface area contributed by atoms with Crippen molar-refractivity contribution in [3.8, 4) is 11.1 Å². The molecular formula is C40H38N4O7S2. The Hall–Kier alpha value is -4.92. The molecule has 0 aliphatic carbocycles. The van der Waals surface area contributed by atoms with E-state index in [0.717, 1.165) is 48.3 Å². The van der Waals surface area contributed by atoms with E-state index >= 15 is 0 Å². The minimum atomic E-state index is -0.992. The van der Waals surface area contributed by atoms with Crippen molar-refractivity contribution in [3.63, 3.8) is 0 Å². The van der Waals surface area contributed by atoms with Crippen LogP contribution in [0.15, 0.2) is 107 Å². The number of hydrogen-bond acceptors (Lipinski definition) is 11. The summed E-state index contributed by atoms with van der Waals surface area (Å²) in [4.78, 5) is 39.9. The third kappa shape index (κ3) is 9.00. The monoisotopic (exact) mass is 750 g/mol. The maximum absolute atomic E-state index is 13.3. The van der Waals surface area contributed by atoms with E-state index in [0.29, 0.717) is 12.2 Å². The highest BCUT2D eigenvalue weighted by molar-refractivity contribution is 8.01. The minimum Gasteiger partial charge on any atom is -0.445 e. The van der Waals surface area contributed by atoms with Gasteiger partial charge in [0.2, 0.25) is 5.91 Å². The Labute approximate surface area is 315 Å². The zero-order chi connectivity index (χ0) is 36.7. The lowest BCUT2D eigenvalue weighted by molar-refractivity contribution is -0.245. The van der Waals surface area contributed by atoms with Crippen LogP contribution in [0.5, 0.6) is 0 Å². The Bertz CT molecular complexity index is 2040. The first-order valence-corrected chi connectivity index (χ1v) is 19.1. The highest BCUT2D eigenvalue weighted by atomic mass is 32.2. The number of aromatic nitrogens is 2. The predicted molar refractivity (Wildman–Crippen MR) is 199 cm³/mol. The smallest absolute Gasteiger partial charge is 0.408 e. The van der Waals surface area contributed by atoms with Gasteiger partial charge in [-0.25, -0.2) is 4.79 Å². The van der Waals surface area contributed by atoms with E-state index in [2.05, 4.69) is 15.5 Å². The minimum absolute atomic E-state index is 0.0259. The molecule has 4 aromatic carbocycles. The van der Waals surface area contributed by atoms with Gasteiger partial charge in [0, 0.05) is 17.7 Å². The van der Waals surface area contributed by atoms with Crippen molar-refractivity contribution >= 4 is 41.0 Å². The number of nitrogens with one attached hydrogen (secondary N) is 1. The molecule has 2 aliphatic heterocycles. The SMILES string of the molecule is Cc1nnc(SCC2CC(c3ccc(CO)cc3)OC(c3ccc(-c4ccccc4CN4C(=O)CC(NC(=O)OCc5ccccc5)C4=O)cc3)O2)s1. The second-order valence-electron chi connectivity index (χ2n) is 12.8. The van der Waals surface area contributed by atoms with Gasteiger partial charge in [0.15, 0.2) is 10.6 Å². The molecule has 2 aliphatic rings. The van der Waals surface area contributed by atoms with Crippen molar-refractivity contribution in [2.45, 2.75) is 68.4 Å². The third-order valence-corrected chi connectivity index (χ3v) is 11.2. The Morgan fingerprint density at radius 3 is 2.40 bits per heavy atom. The Morgan fingerprint density at radius 1 is 0.925 bits per heavy atom. The number of alkyl carbamates (subject to hydrolysis) is 1. The molecule has 13 heteroatoms. The predicted octanol–water partition coefficient (Wildman–Crippen LogP) is 6.90. The number of aliphatic hydroxyl groups is 1. The molecule has 0 saturated carbocycles. The van der Waals surface area contributed by atoms with Crippen LogP contribution < -0.4 is 5.32 Å². The van der Waals surface area contributed by atoms with E-state index in [1.807, 2.05) is 110 Å². The largest absolute Gasteiger partial charge is 0.445 e. The topological polar surface area (TPSA) is 140 Å². The molecule has 2 N–H and O–H groups in total. The molecule has 2 saturated heterocycles. The molecule has 53 heavy (non-hydrogen) atoms. The summed E-state index contributed by atoms with van der Waals surface area (Å²) in [7, 11) is 0. The summed E-state index contributed by atoms with van der Waals surface area (Å²) in [5, 5.41) is 21.4. The Balaban J connectivity index is 1.03. The van der Waals surface area contributed by atoms with Crippen LogP contribution in [0.25, 0.3) is 11.1 Å². The van der Waals surface area contributed by atoms with E-state index in [-0.39, 0.29) is 44.3 Å². The molecule has 3 heterocycles. The number of nitrogens with zero attached hydrogens (tertiary/aromatic N) is 3. The quantitative estimate of drug-likeness (QED) is 0.102. The number of carbonyl (C=O) groups is 3. The molecule has 1 aromatic heterocycles. The van der Waals surface area contributed by atoms with Crippen molar-refractivity contribution in [1.82, 2.24) is 20.4 Å². The molecule has 2 fully saturated rings. The molecule has 0 bridgehead atoms. The first kappa shape index (κ1) is 36.4. The zero-order valence-electron chi connectivity index (χ0n) is 28.9. The second kappa shape index (κ2) is 16.8. The fraction of sp³-hybridized carbons (Fsp3) is 0.275. The van der Waals surface area contributed by atoms with E-state index < -0.39 is 24.3 Å². The van der Waals surface area contributed by atoms with Crippen LogP contribution in [-0.2, 0) is 43.6 Å². The lowest BCUT2D eigenvalue weighted by Gasteiger charge is -2.36. The zero-order valence-corrected chi connectivity index (χ0v) is 30.6. The normalized spacial score (nSPS) is 20.1. The van der Waals surface area contributed by atoms with Gasteiger partial charge in [0.1, 0.15) is 17.7 Å². The molecule has 7 rings (SSSR count). The molecule has 3 amide bonds. The first-order chi connectivity index (χ1) is 25.8. The van der Waals surface area contributed by atoms with Gasteiger partial charge in [-0.05, 0) is 40.3 Å². The Kier molecular flexibility index (Phi) is 11.6. The van der Waals surface area contributed by atoms with Crippen LogP contribution in [-0.4, -0.2) is 56.0 Å². The number of amides is 3. The van der Waals surface area contributed by atoms with Crippen molar-refractivity contribution in [2.75, 3.05) is 5.75 Å². The number of carbonyl (C=O) groups excluding carboxylic acids is 3. The summed E-state index contributed by atoms with van der Waals surface area (Å²) in [6, 6.07) is 31.5. The number of thioether (sulfide) groups is 1. The van der Waals surface area contributed by atoms with Crippen LogP contribution in [0.2, 0.25) is 0 Å². The number of benzene rings is 4. The molecule has 0 spiro atoms. The summed E-state index contributed by atoms with van der Waals surface area (Å²) < 4.78 is 19.2. The maximum atomic E-state index is 13.3. The summed E-state index contributed by atoms with van der Waals surface area (Å²) in [5.74, 6) is -0.155. The van der Waals surface area contributed by atoms with Crippen LogP contribution in [0, 0.1) is 6.92 Å². The van der Waals surface area contributed by atoms with Crippen molar-refractivity contribution in [1.29, 1.82) is 0 Å². The van der Waals surface area contributed by atoms with Crippen molar-refractivity contribution < 1.29 is 33.7 Å². The van der Waals surface area contributed by atoms with Gasteiger partial charge in [0.25, 0.3) is 5.91 Å². The molecule has 0 radical (unpaired) electrons. The van der Waals surface area contributed by atoms with Crippen molar-refractivity contribution in [2.24, 2.45) is 0 Å². The van der Waals surface area contributed by atoms with Gasteiger partial charge >= 0.3 is 6.09 Å². The lowest BCUT2D eigenvalue weighted by atomic mass is 9.97. The summed E-state index contributed by atoms with van der Waals surface area (Å²) >= 11 is 3.18. The highest BCUT2D eigenvalue weighted by Gasteiger charge is 2.40. The van der Waals surface area contributed by atoms with Gasteiger partial charge in [-0.3, -0.25) is 14.5 Å². The molecule has 4 atom stereocenters. The van der Waals surface area contributed by atoms with E-state index in [4.69, 9.17) is 14.2 Å². The fourth-order valence-electron chi connectivity index (χ4n) is 6.32. The van der Waals surface area contributed by atoms with Gasteiger partial charge in [0.05, 0.1) is 31.8 Å². The summed E-state index contributed by atoms with van der Waals surface area (Å²) in [6.07, 6.45) is -1.19. The maximum Gasteiger partial charge on any atom is 0.408 e. The second-order valence-corrected chi connectivity index (χ2v) is 15.3. The van der Waals surface area contributed by atoms with E-state index in [1.54, 1.807) is 23.1 Å². The van der Waals surface area contributed by atoms with Gasteiger partial charge in [-0.15, -0.1) is 10.2 Å². The van der Waals surface area contributed by atoms with Crippen LogP contribution in [0.3, 0.4) is 0 Å². The number of ether oxygens (including phenoxy) is 3. The Morgan fingerprint density at radius 2 is 1.66 bits per heavy atom. The average Bonchev–Trinajstić information content (AvgIpc) is 3.73. The van der Waals surface area contributed by atoms with E-state index in [9.17, 15) is 19.5 Å². The van der Waals surface area contributed by atoms with E-state index in [1.165, 1.54) is 4.90 Å². The first-order valence-electron chi connectivity index (χ1n) is 17.3. The molecule has 4 unspecified atom stereocenters. The van der Waals surface area contributed by atoms with Gasteiger partial charge in [-0.1, -0.05) is 126 Å². The number of rotatable bonds is 12. The van der Waals surface area contributed by atoms with Crippen molar-refractivity contribution in [3.05, 3.63) is 136 Å². The van der Waals surface area contributed by atoms with Crippen LogP contribution >= 0.6 is 23.1 Å². The number of imide groups is 1. The number of likely N-dealkylation sites (tertiary alicyclic amines) is 1. The summed E-state index contributed by atoms with van der Waals surface area (Å²) in [6.45, 7) is 2.03. The number of hydrogen-bond donors (Lipinski definition) is 2. The number of aryl methyl sites for hydroxylation is 1. The third-order valence-electron chi connectivity index (χ3n) is 9.10. The van der Waals surface area contributed by atoms with Gasteiger partial charge < -0.3 is 24.6 Å². The molecule has 272 valence electrons. The molecule has 11 nitrogen and oxygen atoms in total.